The van der Waals surface area contributed by atoms with E-state index in [9.17, 15) is 9.59 Å². The van der Waals surface area contributed by atoms with Crippen molar-refractivity contribution in [3.8, 4) is 0 Å². The SMILES string of the molecule is Cc1ccc(NC(=S)Nc2cc(C(=O)NCCc3ccccc3)ccc2N2CC3CC(C2)c2cccc(=O)n2C3)cc1C. The van der Waals surface area contributed by atoms with Gasteiger partial charge in [-0.15, -0.1) is 0 Å². The van der Waals surface area contributed by atoms with E-state index < -0.39 is 0 Å². The Hall–Kier alpha value is -4.43. The first-order valence-corrected chi connectivity index (χ1v) is 15.3. The number of hydrogen-bond donors (Lipinski definition) is 3. The predicted octanol–water partition coefficient (Wildman–Crippen LogP) is 5.87. The third-order valence-corrected chi connectivity index (χ3v) is 8.84. The molecule has 8 heteroatoms. The van der Waals surface area contributed by atoms with Crippen LogP contribution in [0.2, 0.25) is 0 Å². The number of benzene rings is 3. The van der Waals surface area contributed by atoms with Crippen molar-refractivity contribution in [2.75, 3.05) is 35.2 Å². The maximum absolute atomic E-state index is 13.2. The number of nitrogens with one attached hydrogen (secondary N) is 3. The summed E-state index contributed by atoms with van der Waals surface area (Å²) in [5.74, 6) is 0.499. The maximum Gasteiger partial charge on any atom is 0.251 e. The standard InChI is InChI=1S/C35H37N5O2S/c1-23-11-13-29(17-24(23)2)37-35(43)38-30-19-27(34(42)36-16-15-25-7-4-3-5-8-25)12-14-32(30)39-20-26-18-28(22-39)31-9-6-10-33(41)40(31)21-26/h3-14,17,19,26,28H,15-16,18,20-22H2,1-2H3,(H,36,42)(H2,37,38,43). The van der Waals surface area contributed by atoms with E-state index in [4.69, 9.17) is 12.2 Å². The molecule has 43 heavy (non-hydrogen) atoms. The molecule has 2 aliphatic rings. The quantitative estimate of drug-likeness (QED) is 0.234. The average Bonchev–Trinajstić information content (AvgIpc) is 3.00. The van der Waals surface area contributed by atoms with Gasteiger partial charge < -0.3 is 25.4 Å². The van der Waals surface area contributed by atoms with Crippen LogP contribution in [0, 0.1) is 19.8 Å². The number of piperidine rings is 1. The summed E-state index contributed by atoms with van der Waals surface area (Å²) < 4.78 is 1.95. The van der Waals surface area contributed by atoms with Gasteiger partial charge in [-0.3, -0.25) is 9.59 Å². The second kappa shape index (κ2) is 12.4. The molecule has 1 amide bonds. The van der Waals surface area contributed by atoms with E-state index in [2.05, 4.69) is 65.0 Å². The Balaban J connectivity index is 1.24. The normalized spacial score (nSPS) is 17.1. The Morgan fingerprint density at radius 3 is 2.53 bits per heavy atom. The van der Waals surface area contributed by atoms with Crippen molar-refractivity contribution in [1.82, 2.24) is 9.88 Å². The molecule has 1 aromatic heterocycles. The lowest BCUT2D eigenvalue weighted by Crippen LogP contribution is -2.47. The van der Waals surface area contributed by atoms with Crippen LogP contribution in [0.3, 0.4) is 0 Å². The van der Waals surface area contributed by atoms with Crippen LogP contribution in [0.4, 0.5) is 17.1 Å². The van der Waals surface area contributed by atoms with Crippen LogP contribution in [0.1, 0.15) is 45.1 Å². The van der Waals surface area contributed by atoms with Crippen LogP contribution in [-0.4, -0.2) is 35.2 Å². The van der Waals surface area contributed by atoms with Crippen LogP contribution >= 0.6 is 12.2 Å². The molecule has 2 atom stereocenters. The highest BCUT2D eigenvalue weighted by Gasteiger charge is 2.35. The molecule has 3 heterocycles. The van der Waals surface area contributed by atoms with Crippen molar-refractivity contribution in [1.29, 1.82) is 0 Å². The fourth-order valence-corrected chi connectivity index (χ4v) is 6.55. The van der Waals surface area contributed by atoms with Gasteiger partial charge in [0.05, 0.1) is 11.4 Å². The highest BCUT2D eigenvalue weighted by Crippen LogP contribution is 2.39. The van der Waals surface area contributed by atoms with Gasteiger partial charge in [-0.1, -0.05) is 42.5 Å². The molecule has 220 valence electrons. The summed E-state index contributed by atoms with van der Waals surface area (Å²) in [6.45, 7) is 7.05. The monoisotopic (exact) mass is 591 g/mol. The van der Waals surface area contributed by atoms with Crippen molar-refractivity contribution in [3.05, 3.63) is 123 Å². The number of pyridine rings is 1. The topological polar surface area (TPSA) is 78.4 Å². The number of carbonyl (C=O) groups is 1. The zero-order chi connectivity index (χ0) is 29.9. The second-order valence-corrected chi connectivity index (χ2v) is 12.1. The summed E-state index contributed by atoms with van der Waals surface area (Å²) >= 11 is 5.76. The number of aryl methyl sites for hydroxylation is 2. The van der Waals surface area contributed by atoms with Gasteiger partial charge in [-0.2, -0.15) is 0 Å². The first-order chi connectivity index (χ1) is 20.8. The summed E-state index contributed by atoms with van der Waals surface area (Å²) in [5.41, 5.74) is 8.02. The van der Waals surface area contributed by atoms with E-state index in [0.29, 0.717) is 23.1 Å². The van der Waals surface area contributed by atoms with Gasteiger partial charge in [-0.25, -0.2) is 0 Å². The largest absolute Gasteiger partial charge is 0.369 e. The van der Waals surface area contributed by atoms with Crippen LogP contribution < -0.4 is 26.4 Å². The molecule has 7 nitrogen and oxygen atoms in total. The number of rotatable bonds is 7. The summed E-state index contributed by atoms with van der Waals surface area (Å²) in [7, 11) is 0. The minimum absolute atomic E-state index is 0.0772. The molecule has 1 fully saturated rings. The Kier molecular flexibility index (Phi) is 8.29. The fraction of sp³-hybridized carbons (Fsp3) is 0.286. The molecule has 0 radical (unpaired) electrons. The molecule has 0 aliphatic carbocycles. The number of carbonyl (C=O) groups excluding carboxylic acids is 1. The van der Waals surface area contributed by atoms with E-state index in [1.165, 1.54) is 16.7 Å². The minimum atomic E-state index is -0.123. The lowest BCUT2D eigenvalue weighted by Gasteiger charge is -2.44. The Morgan fingerprint density at radius 1 is 0.884 bits per heavy atom. The van der Waals surface area contributed by atoms with E-state index in [-0.39, 0.29) is 17.4 Å². The van der Waals surface area contributed by atoms with Crippen molar-refractivity contribution in [2.45, 2.75) is 39.2 Å². The number of amides is 1. The molecule has 3 aromatic carbocycles. The first-order valence-electron chi connectivity index (χ1n) is 14.9. The maximum atomic E-state index is 13.2. The summed E-state index contributed by atoms with van der Waals surface area (Å²) in [4.78, 5) is 28.1. The molecule has 0 saturated carbocycles. The van der Waals surface area contributed by atoms with Gasteiger partial charge in [0.15, 0.2) is 5.11 Å². The van der Waals surface area contributed by atoms with Crippen molar-refractivity contribution in [2.24, 2.45) is 5.92 Å². The number of aromatic nitrogens is 1. The third kappa shape index (κ3) is 6.49. The lowest BCUT2D eigenvalue weighted by molar-refractivity contribution is 0.0954. The number of hydrogen-bond acceptors (Lipinski definition) is 4. The van der Waals surface area contributed by atoms with Crippen LogP contribution in [-0.2, 0) is 13.0 Å². The highest BCUT2D eigenvalue weighted by molar-refractivity contribution is 7.80. The van der Waals surface area contributed by atoms with Crippen molar-refractivity contribution in [3.63, 3.8) is 0 Å². The van der Waals surface area contributed by atoms with Crippen molar-refractivity contribution >= 4 is 40.3 Å². The van der Waals surface area contributed by atoms with E-state index in [1.54, 1.807) is 6.07 Å². The van der Waals surface area contributed by atoms with Crippen LogP contribution in [0.15, 0.2) is 89.7 Å². The summed E-state index contributed by atoms with van der Waals surface area (Å²) in [5, 5.41) is 10.2. The molecule has 2 bridgehead atoms. The van der Waals surface area contributed by atoms with E-state index in [0.717, 1.165) is 55.2 Å². The molecule has 1 saturated heterocycles. The number of nitrogens with zero attached hydrogens (tertiary/aromatic N) is 2. The summed E-state index contributed by atoms with van der Waals surface area (Å²) in [6.07, 6.45) is 1.83. The van der Waals surface area contributed by atoms with Crippen LogP contribution in [0.25, 0.3) is 0 Å². The third-order valence-electron chi connectivity index (χ3n) is 8.63. The predicted molar refractivity (Wildman–Crippen MR) is 178 cm³/mol. The molecular formula is C35H37N5O2S. The Morgan fingerprint density at radius 2 is 1.72 bits per heavy atom. The van der Waals surface area contributed by atoms with Gasteiger partial charge >= 0.3 is 0 Å². The number of fused-ring (bicyclic) bond motifs is 4. The Labute approximate surface area is 257 Å². The molecule has 2 aliphatic heterocycles. The molecule has 0 spiro atoms. The molecular weight excluding hydrogens is 554 g/mol. The second-order valence-electron chi connectivity index (χ2n) is 11.7. The minimum Gasteiger partial charge on any atom is -0.369 e. The molecule has 4 aromatic rings. The zero-order valence-corrected chi connectivity index (χ0v) is 25.4. The fourth-order valence-electron chi connectivity index (χ4n) is 6.32. The highest BCUT2D eigenvalue weighted by atomic mass is 32.1. The average molecular weight is 592 g/mol. The number of thiocarbonyl (C=S) groups is 1. The molecule has 3 N–H and O–H groups in total. The molecule has 6 rings (SSSR count). The van der Waals surface area contributed by atoms with Gasteiger partial charge in [-0.05, 0) is 97.9 Å². The Bertz CT molecular complexity index is 1720. The van der Waals surface area contributed by atoms with Gasteiger partial charge in [0.2, 0.25) is 0 Å². The van der Waals surface area contributed by atoms with E-state index >= 15 is 0 Å². The van der Waals surface area contributed by atoms with Gasteiger partial charge in [0, 0.05) is 55.1 Å². The lowest BCUT2D eigenvalue weighted by atomic mass is 9.83. The van der Waals surface area contributed by atoms with Crippen molar-refractivity contribution < 1.29 is 4.79 Å². The van der Waals surface area contributed by atoms with Gasteiger partial charge in [0.1, 0.15) is 0 Å². The summed E-state index contributed by atoms with van der Waals surface area (Å²) in [6, 6.07) is 27.7. The molecule has 2 unspecified atom stereocenters. The zero-order valence-electron chi connectivity index (χ0n) is 24.6. The van der Waals surface area contributed by atoms with Gasteiger partial charge in [0.25, 0.3) is 11.5 Å². The number of anilines is 3. The smallest absolute Gasteiger partial charge is 0.251 e. The van der Waals surface area contributed by atoms with E-state index in [1.807, 2.05) is 53.1 Å². The first kappa shape index (κ1) is 28.7. The van der Waals surface area contributed by atoms with Crippen LogP contribution in [0.5, 0.6) is 0 Å².